The van der Waals surface area contributed by atoms with Gasteiger partial charge in [0.05, 0.1) is 43.7 Å². The van der Waals surface area contributed by atoms with Crippen LogP contribution in [0.4, 0.5) is 11.4 Å². The van der Waals surface area contributed by atoms with Gasteiger partial charge in [0.25, 0.3) is 11.1 Å². The zero-order valence-electron chi connectivity index (χ0n) is 29.6. The van der Waals surface area contributed by atoms with E-state index in [1.54, 1.807) is 24.3 Å². The number of carbonyl (C=O) groups excluding carboxylic acids is 2. The van der Waals surface area contributed by atoms with Gasteiger partial charge in [-0.25, -0.2) is 9.59 Å². The minimum atomic E-state index is -1.18. The number of nitrogens with two attached hydrogens (primary N) is 1. The molecule has 1 amide bonds. The topological polar surface area (TPSA) is 206 Å². The Balaban J connectivity index is 0.000000211. The minimum Gasteiger partial charge on any atom is -0.506 e. The molecule has 0 spiro atoms. The van der Waals surface area contributed by atoms with E-state index >= 15 is 0 Å². The van der Waals surface area contributed by atoms with Crippen LogP contribution in [-0.4, -0.2) is 43.5 Å². The summed E-state index contributed by atoms with van der Waals surface area (Å²) in [6, 6.07) is 36.3. The van der Waals surface area contributed by atoms with Crippen molar-refractivity contribution in [2.24, 2.45) is 0 Å². The third-order valence-electron chi connectivity index (χ3n) is 7.60. The molecule has 0 saturated carbocycles. The summed E-state index contributed by atoms with van der Waals surface area (Å²) in [5.74, 6) is -2.25. The summed E-state index contributed by atoms with van der Waals surface area (Å²) in [5.41, 5.74) is 7.97. The summed E-state index contributed by atoms with van der Waals surface area (Å²) in [6.45, 7) is 0.817. The van der Waals surface area contributed by atoms with E-state index < -0.39 is 23.1 Å². The molecule has 0 unspecified atom stereocenters. The smallest absolute Gasteiger partial charge is 0.335 e. The first-order chi connectivity index (χ1) is 27.2. The van der Waals surface area contributed by atoms with Gasteiger partial charge in [-0.15, -0.1) is 0 Å². The summed E-state index contributed by atoms with van der Waals surface area (Å²) in [6.07, 6.45) is 0. The van der Waals surface area contributed by atoms with Crippen LogP contribution in [0.1, 0.15) is 52.6 Å². The Morgan fingerprint density at radius 3 is 1.46 bits per heavy atom. The summed E-state index contributed by atoms with van der Waals surface area (Å²) in [7, 11) is 0. The normalized spacial score (nSPS) is 10.1. The van der Waals surface area contributed by atoms with E-state index in [4.69, 9.17) is 65.3 Å². The number of amides is 1. The Hall–Kier alpha value is -6.73. The van der Waals surface area contributed by atoms with Gasteiger partial charge in [-0.05, 0) is 95.5 Å². The van der Waals surface area contributed by atoms with Gasteiger partial charge in [0.2, 0.25) is 0 Å². The number of anilines is 2. The average Bonchev–Trinajstić information content (AvgIpc) is 3.19. The zero-order chi connectivity index (χ0) is 41.5. The summed E-state index contributed by atoms with van der Waals surface area (Å²) < 4.78 is 11.2. The first-order valence-corrected chi connectivity index (χ1v) is 17.7. The van der Waals surface area contributed by atoms with Crippen LogP contribution in [0.2, 0.25) is 10.0 Å². The molecule has 0 aliphatic heterocycles. The van der Waals surface area contributed by atoms with Crippen molar-refractivity contribution in [2.45, 2.75) is 13.2 Å². The Morgan fingerprint density at radius 2 is 1.04 bits per heavy atom. The SMILES string of the molecule is Nc1ccc(C(=O)O)cc1O.O=C(Cl)c1ccc(OCc2ccccc2)cc1Cl.O=C(O)c1ccc(NC(=O)c2ccc(OCc3ccccc3)cc2Cl)c(O)c1. The summed E-state index contributed by atoms with van der Waals surface area (Å²) in [5, 5.41) is 38.6. The fourth-order valence-electron chi connectivity index (χ4n) is 4.63. The molecule has 15 heteroatoms. The number of hydrogen-bond acceptors (Lipinski definition) is 9. The molecule has 0 atom stereocenters. The van der Waals surface area contributed by atoms with Crippen molar-refractivity contribution in [1.82, 2.24) is 0 Å². The molecular weight excluding hydrogens is 799 g/mol. The highest BCUT2D eigenvalue weighted by atomic mass is 35.5. The molecule has 0 fully saturated rings. The summed E-state index contributed by atoms with van der Waals surface area (Å²) >= 11 is 17.5. The number of phenolic OH excluding ortho intramolecular Hbond substituents is 2. The Labute approximate surface area is 341 Å². The van der Waals surface area contributed by atoms with Gasteiger partial charge >= 0.3 is 11.9 Å². The first kappa shape index (κ1) is 43.0. The number of aromatic hydroxyl groups is 2. The Kier molecular flexibility index (Phi) is 15.7. The van der Waals surface area contributed by atoms with Crippen molar-refractivity contribution in [2.75, 3.05) is 11.1 Å². The Morgan fingerprint density at radius 1 is 0.579 bits per heavy atom. The van der Waals surface area contributed by atoms with Crippen molar-refractivity contribution in [3.05, 3.63) is 177 Å². The molecule has 0 aliphatic rings. The number of nitrogens with one attached hydrogen (secondary N) is 1. The van der Waals surface area contributed by atoms with Crippen LogP contribution < -0.4 is 20.5 Å². The van der Waals surface area contributed by atoms with Crippen LogP contribution in [0.3, 0.4) is 0 Å². The van der Waals surface area contributed by atoms with Crippen molar-refractivity contribution in [3.8, 4) is 23.0 Å². The highest BCUT2D eigenvalue weighted by Gasteiger charge is 2.15. The van der Waals surface area contributed by atoms with E-state index in [9.17, 15) is 24.3 Å². The largest absolute Gasteiger partial charge is 0.506 e. The highest BCUT2D eigenvalue weighted by Crippen LogP contribution is 2.28. The van der Waals surface area contributed by atoms with Gasteiger partial charge in [0.15, 0.2) is 0 Å². The number of aromatic carboxylic acids is 2. The number of nitrogen functional groups attached to an aromatic ring is 1. The molecule has 6 aromatic rings. The minimum absolute atomic E-state index is 0.0247. The molecular formula is C42H33Cl3N2O10. The predicted octanol–water partition coefficient (Wildman–Crippen LogP) is 9.55. The number of carboxylic acids is 2. The maximum Gasteiger partial charge on any atom is 0.335 e. The predicted molar refractivity (Wildman–Crippen MR) is 217 cm³/mol. The number of benzene rings is 6. The van der Waals surface area contributed by atoms with Gasteiger partial charge in [-0.3, -0.25) is 9.59 Å². The second kappa shape index (κ2) is 20.8. The summed E-state index contributed by atoms with van der Waals surface area (Å²) in [4.78, 5) is 44.6. The fourth-order valence-corrected chi connectivity index (χ4v) is 5.36. The maximum atomic E-state index is 12.4. The third kappa shape index (κ3) is 13.2. The number of carboxylic acid groups (broad SMARTS) is 2. The molecule has 7 N–H and O–H groups in total. The second-order valence-electron chi connectivity index (χ2n) is 11.7. The van der Waals surface area contributed by atoms with Gasteiger partial charge < -0.3 is 41.0 Å². The first-order valence-electron chi connectivity index (χ1n) is 16.5. The maximum absolute atomic E-state index is 12.4. The van der Waals surface area contributed by atoms with Crippen LogP contribution in [-0.2, 0) is 13.2 Å². The Bertz CT molecular complexity index is 2360. The lowest BCUT2D eigenvalue weighted by atomic mass is 10.1. The monoisotopic (exact) mass is 830 g/mol. The molecule has 0 aliphatic carbocycles. The van der Waals surface area contributed by atoms with E-state index in [0.717, 1.165) is 23.3 Å². The molecule has 6 aromatic carbocycles. The molecule has 0 heterocycles. The molecule has 0 radical (unpaired) electrons. The van der Waals surface area contributed by atoms with Crippen LogP contribution in [0.15, 0.2) is 133 Å². The van der Waals surface area contributed by atoms with Gasteiger partial charge in [-0.1, -0.05) is 83.9 Å². The van der Waals surface area contributed by atoms with E-state index in [1.807, 2.05) is 60.7 Å². The highest BCUT2D eigenvalue weighted by molar-refractivity contribution is 6.68. The van der Waals surface area contributed by atoms with Crippen LogP contribution >= 0.6 is 34.8 Å². The van der Waals surface area contributed by atoms with Gasteiger partial charge in [0, 0.05) is 0 Å². The number of rotatable bonds is 11. The van der Waals surface area contributed by atoms with Crippen molar-refractivity contribution < 1.29 is 49.1 Å². The molecule has 6 rings (SSSR count). The van der Waals surface area contributed by atoms with Crippen molar-refractivity contribution in [1.29, 1.82) is 0 Å². The lowest BCUT2D eigenvalue weighted by molar-refractivity contribution is 0.0686. The van der Waals surface area contributed by atoms with Crippen LogP contribution in [0, 0.1) is 0 Å². The lowest BCUT2D eigenvalue weighted by Crippen LogP contribution is -2.13. The average molecular weight is 832 g/mol. The number of ether oxygens (including phenoxy) is 2. The number of hydrogen-bond donors (Lipinski definition) is 6. The van der Waals surface area contributed by atoms with Crippen LogP contribution in [0.5, 0.6) is 23.0 Å². The van der Waals surface area contributed by atoms with E-state index in [0.29, 0.717) is 29.7 Å². The molecule has 0 saturated heterocycles. The molecule has 57 heavy (non-hydrogen) atoms. The van der Waals surface area contributed by atoms with Crippen LogP contribution in [0.25, 0.3) is 0 Å². The second-order valence-corrected chi connectivity index (χ2v) is 12.8. The van der Waals surface area contributed by atoms with Crippen molar-refractivity contribution >= 4 is 69.3 Å². The van der Waals surface area contributed by atoms with Gasteiger partial charge in [0.1, 0.15) is 36.2 Å². The van der Waals surface area contributed by atoms with E-state index in [1.165, 1.54) is 36.4 Å². The quantitative estimate of drug-likeness (QED) is 0.0412. The van der Waals surface area contributed by atoms with E-state index in [-0.39, 0.29) is 50.2 Å². The van der Waals surface area contributed by atoms with Gasteiger partial charge in [-0.2, -0.15) is 0 Å². The zero-order valence-corrected chi connectivity index (χ0v) is 31.8. The number of halogens is 3. The molecule has 0 bridgehead atoms. The number of phenols is 2. The number of carbonyl (C=O) groups is 4. The third-order valence-corrected chi connectivity index (χ3v) is 8.43. The molecule has 0 aromatic heterocycles. The molecule has 292 valence electrons. The molecule has 12 nitrogen and oxygen atoms in total. The standard InChI is InChI=1S/C21H16ClNO5.C14H10Cl2O2.C7H7NO3/c22-17-11-15(28-12-13-4-2-1-3-5-13)7-8-16(17)20(25)23-18-9-6-14(21(26)27)10-19(18)24;15-13-8-11(6-7-12(13)14(16)17)18-9-10-4-2-1-3-5-10;8-5-2-1-4(7(10)11)3-6(5)9/h1-11,24H,12H2,(H,23,25)(H,26,27);1-8H,9H2;1-3,9H,8H2,(H,10,11). The van der Waals surface area contributed by atoms with Crippen molar-refractivity contribution in [3.63, 3.8) is 0 Å². The lowest BCUT2D eigenvalue weighted by Gasteiger charge is -2.11. The van der Waals surface area contributed by atoms with E-state index in [2.05, 4.69) is 5.32 Å². The fraction of sp³-hybridized carbons (Fsp3) is 0.0476.